The fourth-order valence-corrected chi connectivity index (χ4v) is 5.04. The number of hydrogen-bond donors (Lipinski definition) is 0. The third-order valence-electron chi connectivity index (χ3n) is 7.09. The minimum absolute atomic E-state index is 0.159. The maximum Gasteiger partial charge on any atom is 0.416 e. The van der Waals surface area contributed by atoms with E-state index in [1.54, 1.807) is 19.2 Å². The number of hydrogen-bond acceptors (Lipinski definition) is 3. The second-order valence-electron chi connectivity index (χ2n) is 9.64. The molecule has 3 nitrogen and oxygen atoms in total. The van der Waals surface area contributed by atoms with E-state index < -0.39 is 11.7 Å². The molecular weight excluding hydrogens is 497 g/mol. The Bertz CT molecular complexity index is 1350. The van der Waals surface area contributed by atoms with Gasteiger partial charge in [0, 0.05) is 43.0 Å². The highest BCUT2D eigenvalue weighted by Gasteiger charge is 2.33. The van der Waals surface area contributed by atoms with Crippen LogP contribution in [0.5, 0.6) is 5.75 Å². The number of halogens is 3. The predicted octanol–water partition coefficient (Wildman–Crippen LogP) is 8.15. The van der Waals surface area contributed by atoms with Gasteiger partial charge in [-0.2, -0.15) is 13.2 Å². The number of aromatic nitrogens is 1. The van der Waals surface area contributed by atoms with E-state index in [0.29, 0.717) is 25.3 Å². The maximum atomic E-state index is 13.8. The molecule has 0 aliphatic rings. The van der Waals surface area contributed by atoms with Crippen LogP contribution >= 0.6 is 0 Å². The number of ether oxygens (including phenoxy) is 1. The lowest BCUT2D eigenvalue weighted by Gasteiger charge is -2.25. The molecule has 6 heteroatoms. The van der Waals surface area contributed by atoms with Crippen molar-refractivity contribution in [2.24, 2.45) is 0 Å². The van der Waals surface area contributed by atoms with Crippen LogP contribution < -0.4 is 4.74 Å². The van der Waals surface area contributed by atoms with E-state index in [-0.39, 0.29) is 12.1 Å². The molecule has 0 unspecified atom stereocenters. The molecule has 0 aliphatic heterocycles. The lowest BCUT2D eigenvalue weighted by molar-refractivity contribution is -0.138. The van der Waals surface area contributed by atoms with Gasteiger partial charge in [0.25, 0.3) is 0 Å². The first kappa shape index (κ1) is 28.4. The first-order valence-electron chi connectivity index (χ1n) is 13.4. The molecule has 0 aliphatic carbocycles. The lowest BCUT2D eigenvalue weighted by Crippen LogP contribution is -2.27. The molecule has 4 aromatic rings. The number of methoxy groups -OCH3 is 1. The fraction of sp³-hybridized carbons (Fsp3) is 0.303. The third kappa shape index (κ3) is 7.07. The van der Waals surface area contributed by atoms with E-state index in [2.05, 4.69) is 32.0 Å². The first-order chi connectivity index (χ1) is 18.8. The SMILES string of the molecule is CCc1cccc(CC)c1-c1cc(OC)c(CN(CCc2ccccc2)Cc2ccccc2C(F)(F)F)cn1. The molecule has 0 spiro atoms. The van der Waals surface area contributed by atoms with Gasteiger partial charge in [0.2, 0.25) is 0 Å². The van der Waals surface area contributed by atoms with Crippen molar-refractivity contribution in [3.63, 3.8) is 0 Å². The zero-order valence-electron chi connectivity index (χ0n) is 22.8. The Morgan fingerprint density at radius 2 is 1.38 bits per heavy atom. The largest absolute Gasteiger partial charge is 0.496 e. The maximum absolute atomic E-state index is 13.8. The van der Waals surface area contributed by atoms with Gasteiger partial charge in [-0.25, -0.2) is 0 Å². The Hall–Kier alpha value is -3.64. The summed E-state index contributed by atoms with van der Waals surface area (Å²) in [6.45, 7) is 5.41. The molecule has 0 saturated heterocycles. The molecule has 0 atom stereocenters. The smallest absolute Gasteiger partial charge is 0.416 e. The van der Waals surface area contributed by atoms with E-state index in [4.69, 9.17) is 9.72 Å². The van der Waals surface area contributed by atoms with Crippen LogP contribution in [-0.4, -0.2) is 23.5 Å². The monoisotopic (exact) mass is 532 g/mol. The Kier molecular flexibility index (Phi) is 9.41. The van der Waals surface area contributed by atoms with Crippen molar-refractivity contribution in [3.05, 3.63) is 118 Å². The summed E-state index contributed by atoms with van der Waals surface area (Å²) < 4.78 is 47.1. The van der Waals surface area contributed by atoms with Crippen LogP contribution in [0.25, 0.3) is 11.3 Å². The van der Waals surface area contributed by atoms with Crippen LogP contribution in [0.1, 0.15) is 47.2 Å². The number of rotatable bonds is 11. The van der Waals surface area contributed by atoms with Crippen molar-refractivity contribution in [1.82, 2.24) is 9.88 Å². The average molecular weight is 533 g/mol. The molecule has 39 heavy (non-hydrogen) atoms. The standard InChI is InChI=1S/C33H35F3N2O/c1-4-25-15-11-16-26(5-2)32(25)30-20-31(39-3)28(21-37-30)23-38(19-18-24-12-7-6-8-13-24)22-27-14-9-10-17-29(27)33(34,35)36/h6-17,20-21H,4-5,18-19,22-23H2,1-3H3. The second kappa shape index (κ2) is 12.9. The van der Waals surface area contributed by atoms with Crippen molar-refractivity contribution in [3.8, 4) is 17.0 Å². The van der Waals surface area contributed by atoms with Crippen LogP contribution in [0.2, 0.25) is 0 Å². The van der Waals surface area contributed by atoms with Crippen LogP contribution in [0.4, 0.5) is 13.2 Å². The van der Waals surface area contributed by atoms with Gasteiger partial charge in [-0.15, -0.1) is 0 Å². The molecule has 0 fully saturated rings. The van der Waals surface area contributed by atoms with Gasteiger partial charge in [0.05, 0.1) is 18.4 Å². The van der Waals surface area contributed by atoms with Gasteiger partial charge in [-0.1, -0.05) is 80.6 Å². The van der Waals surface area contributed by atoms with Crippen LogP contribution in [-0.2, 0) is 38.5 Å². The first-order valence-corrected chi connectivity index (χ1v) is 13.4. The topological polar surface area (TPSA) is 25.4 Å². The van der Waals surface area contributed by atoms with Gasteiger partial charge in [0.15, 0.2) is 0 Å². The van der Waals surface area contributed by atoms with Crippen molar-refractivity contribution < 1.29 is 17.9 Å². The Morgan fingerprint density at radius 1 is 0.769 bits per heavy atom. The van der Waals surface area contributed by atoms with Gasteiger partial charge >= 0.3 is 6.18 Å². The Labute approximate surface area is 229 Å². The molecule has 1 aromatic heterocycles. The normalized spacial score (nSPS) is 11.7. The molecule has 0 N–H and O–H groups in total. The average Bonchev–Trinajstić information content (AvgIpc) is 2.95. The molecular formula is C33H35F3N2O. The Morgan fingerprint density at radius 3 is 2.03 bits per heavy atom. The van der Waals surface area contributed by atoms with E-state index >= 15 is 0 Å². The fourth-order valence-electron chi connectivity index (χ4n) is 5.04. The molecule has 3 aromatic carbocycles. The summed E-state index contributed by atoms with van der Waals surface area (Å²) in [5.41, 5.74) is 6.07. The van der Waals surface area contributed by atoms with Crippen molar-refractivity contribution in [1.29, 1.82) is 0 Å². The van der Waals surface area contributed by atoms with Crippen molar-refractivity contribution >= 4 is 0 Å². The van der Waals surface area contributed by atoms with E-state index in [0.717, 1.165) is 41.3 Å². The highest BCUT2D eigenvalue weighted by Crippen LogP contribution is 2.34. The molecule has 4 rings (SSSR count). The molecule has 0 bridgehead atoms. The zero-order chi connectivity index (χ0) is 27.8. The third-order valence-corrected chi connectivity index (χ3v) is 7.09. The van der Waals surface area contributed by atoms with Gasteiger partial charge in [-0.3, -0.25) is 9.88 Å². The van der Waals surface area contributed by atoms with Crippen LogP contribution in [0.15, 0.2) is 85.1 Å². The van der Waals surface area contributed by atoms with Crippen molar-refractivity contribution in [2.45, 2.75) is 52.4 Å². The summed E-state index contributed by atoms with van der Waals surface area (Å²) in [4.78, 5) is 6.86. The molecule has 204 valence electrons. The minimum Gasteiger partial charge on any atom is -0.496 e. The highest BCUT2D eigenvalue weighted by atomic mass is 19.4. The van der Waals surface area contributed by atoms with Gasteiger partial charge in [-0.05, 0) is 47.6 Å². The zero-order valence-corrected chi connectivity index (χ0v) is 22.8. The quantitative estimate of drug-likeness (QED) is 0.195. The van der Waals surface area contributed by atoms with Crippen LogP contribution in [0, 0.1) is 0 Å². The van der Waals surface area contributed by atoms with E-state index in [9.17, 15) is 13.2 Å². The highest BCUT2D eigenvalue weighted by molar-refractivity contribution is 5.69. The lowest BCUT2D eigenvalue weighted by atomic mass is 9.94. The second-order valence-corrected chi connectivity index (χ2v) is 9.64. The molecule has 1 heterocycles. The minimum atomic E-state index is -4.41. The van der Waals surface area contributed by atoms with Gasteiger partial charge in [0.1, 0.15) is 5.75 Å². The molecule has 0 radical (unpaired) electrons. The van der Waals surface area contributed by atoms with Gasteiger partial charge < -0.3 is 4.74 Å². The molecule has 0 amide bonds. The van der Waals surface area contributed by atoms with Crippen molar-refractivity contribution in [2.75, 3.05) is 13.7 Å². The van der Waals surface area contributed by atoms with E-state index in [1.165, 1.54) is 17.2 Å². The number of benzene rings is 3. The van der Waals surface area contributed by atoms with Crippen LogP contribution in [0.3, 0.4) is 0 Å². The summed E-state index contributed by atoms with van der Waals surface area (Å²) in [5, 5.41) is 0. The summed E-state index contributed by atoms with van der Waals surface area (Å²) in [7, 11) is 1.63. The number of nitrogens with zero attached hydrogens (tertiary/aromatic N) is 2. The summed E-state index contributed by atoms with van der Waals surface area (Å²) in [6, 6.07) is 24.1. The summed E-state index contributed by atoms with van der Waals surface area (Å²) in [6.07, 6.45) is -0.106. The number of pyridine rings is 1. The van der Waals surface area contributed by atoms with E-state index in [1.807, 2.05) is 47.5 Å². The molecule has 0 saturated carbocycles. The predicted molar refractivity (Wildman–Crippen MR) is 151 cm³/mol. The summed E-state index contributed by atoms with van der Waals surface area (Å²) in [5.74, 6) is 0.682. The number of alkyl halides is 3. The Balaban J connectivity index is 1.67. The number of aryl methyl sites for hydroxylation is 2. The summed E-state index contributed by atoms with van der Waals surface area (Å²) >= 11 is 0.